The molecule has 1 atom stereocenters. The number of pyridine rings is 1. The monoisotopic (exact) mass is 323 g/mol. The highest BCUT2D eigenvalue weighted by Crippen LogP contribution is 2.27. The van der Waals surface area contributed by atoms with Crippen LogP contribution in [0.2, 0.25) is 5.02 Å². The molecule has 1 aromatic rings. The number of ether oxygens (including phenoxy) is 1. The molecule has 0 N–H and O–H groups in total. The van der Waals surface area contributed by atoms with Crippen LogP contribution in [0.5, 0.6) is 0 Å². The molecule has 6 heteroatoms. The highest BCUT2D eigenvalue weighted by molar-refractivity contribution is 6.30. The average Bonchev–Trinajstić information content (AvgIpc) is 2.56. The van der Waals surface area contributed by atoms with E-state index in [2.05, 4.69) is 9.88 Å². The molecular formula is C16H22ClN3O2. The van der Waals surface area contributed by atoms with Gasteiger partial charge in [-0.25, -0.2) is 4.98 Å². The Balaban J connectivity index is 1.59. The molecule has 3 rings (SSSR count). The maximum atomic E-state index is 12.7. The SMILES string of the molecule is CC1(C(=O)N2CCN(c3ccc(Cl)cn3)CC2)CCCCO1. The van der Waals surface area contributed by atoms with E-state index >= 15 is 0 Å². The second-order valence-corrected chi connectivity index (χ2v) is 6.59. The van der Waals surface area contributed by atoms with Crippen molar-refractivity contribution in [2.24, 2.45) is 0 Å². The van der Waals surface area contributed by atoms with Gasteiger partial charge in [0, 0.05) is 39.0 Å². The maximum Gasteiger partial charge on any atom is 0.254 e. The van der Waals surface area contributed by atoms with Crippen LogP contribution in [0.3, 0.4) is 0 Å². The lowest BCUT2D eigenvalue weighted by molar-refractivity contribution is -0.162. The van der Waals surface area contributed by atoms with E-state index in [-0.39, 0.29) is 5.91 Å². The van der Waals surface area contributed by atoms with Crippen LogP contribution in [0.25, 0.3) is 0 Å². The van der Waals surface area contributed by atoms with Crippen LogP contribution in [0.1, 0.15) is 26.2 Å². The zero-order chi connectivity index (χ0) is 15.6. The Bertz CT molecular complexity index is 521. The molecule has 0 saturated carbocycles. The zero-order valence-electron chi connectivity index (χ0n) is 12.9. The molecule has 2 aliphatic heterocycles. The van der Waals surface area contributed by atoms with Crippen molar-refractivity contribution >= 4 is 23.3 Å². The lowest BCUT2D eigenvalue weighted by atomic mass is 9.94. The quantitative estimate of drug-likeness (QED) is 0.838. The van der Waals surface area contributed by atoms with Crippen molar-refractivity contribution in [2.45, 2.75) is 31.8 Å². The number of aromatic nitrogens is 1. The first-order valence-electron chi connectivity index (χ1n) is 7.88. The van der Waals surface area contributed by atoms with Gasteiger partial charge in [0.25, 0.3) is 5.91 Å². The fourth-order valence-electron chi connectivity index (χ4n) is 3.13. The van der Waals surface area contributed by atoms with Crippen LogP contribution < -0.4 is 4.90 Å². The highest BCUT2D eigenvalue weighted by atomic mass is 35.5. The minimum absolute atomic E-state index is 0.135. The molecule has 1 amide bonds. The van der Waals surface area contributed by atoms with E-state index in [0.717, 1.165) is 38.2 Å². The van der Waals surface area contributed by atoms with E-state index in [9.17, 15) is 4.79 Å². The first kappa shape index (κ1) is 15.6. The standard InChI is InChI=1S/C16H22ClN3O2/c1-16(6-2-3-11-22-16)15(21)20-9-7-19(8-10-20)14-5-4-13(17)12-18-14/h4-5,12H,2-3,6-11H2,1H3. The molecule has 120 valence electrons. The van der Waals surface area contributed by atoms with E-state index < -0.39 is 5.60 Å². The molecule has 3 heterocycles. The van der Waals surface area contributed by atoms with Crippen molar-refractivity contribution in [1.82, 2.24) is 9.88 Å². The summed E-state index contributed by atoms with van der Waals surface area (Å²) in [7, 11) is 0. The van der Waals surface area contributed by atoms with Gasteiger partial charge >= 0.3 is 0 Å². The molecule has 0 aromatic carbocycles. The molecule has 2 fully saturated rings. The second kappa shape index (κ2) is 6.42. The maximum absolute atomic E-state index is 12.7. The van der Waals surface area contributed by atoms with E-state index in [4.69, 9.17) is 16.3 Å². The number of piperazine rings is 1. The van der Waals surface area contributed by atoms with Gasteiger partial charge in [-0.15, -0.1) is 0 Å². The van der Waals surface area contributed by atoms with Crippen LogP contribution in [-0.4, -0.2) is 54.2 Å². The van der Waals surface area contributed by atoms with Crippen LogP contribution >= 0.6 is 11.6 Å². The lowest BCUT2D eigenvalue weighted by Gasteiger charge is -2.41. The van der Waals surface area contributed by atoms with Crippen molar-refractivity contribution in [3.8, 4) is 0 Å². The second-order valence-electron chi connectivity index (χ2n) is 6.15. The summed E-state index contributed by atoms with van der Waals surface area (Å²) in [4.78, 5) is 21.2. The summed E-state index contributed by atoms with van der Waals surface area (Å²) in [5.41, 5.74) is -0.626. The Hall–Kier alpha value is -1.33. The van der Waals surface area contributed by atoms with Gasteiger partial charge in [0.2, 0.25) is 0 Å². The van der Waals surface area contributed by atoms with Gasteiger partial charge in [-0.1, -0.05) is 11.6 Å². The predicted octanol–water partition coefficient (Wildman–Crippen LogP) is 2.34. The fourth-order valence-corrected chi connectivity index (χ4v) is 3.24. The summed E-state index contributed by atoms with van der Waals surface area (Å²) in [6.45, 7) is 5.62. The molecule has 1 aromatic heterocycles. The van der Waals surface area contributed by atoms with Crippen molar-refractivity contribution in [3.63, 3.8) is 0 Å². The van der Waals surface area contributed by atoms with E-state index in [1.165, 1.54) is 0 Å². The first-order valence-corrected chi connectivity index (χ1v) is 8.26. The van der Waals surface area contributed by atoms with E-state index in [1.807, 2.05) is 24.0 Å². The molecule has 0 aliphatic carbocycles. The van der Waals surface area contributed by atoms with Crippen molar-refractivity contribution in [1.29, 1.82) is 0 Å². The van der Waals surface area contributed by atoms with Gasteiger partial charge in [-0.05, 0) is 38.3 Å². The van der Waals surface area contributed by atoms with E-state index in [1.54, 1.807) is 6.20 Å². The van der Waals surface area contributed by atoms with Gasteiger partial charge in [0.15, 0.2) is 0 Å². The topological polar surface area (TPSA) is 45.7 Å². The largest absolute Gasteiger partial charge is 0.365 e. The molecule has 5 nitrogen and oxygen atoms in total. The number of nitrogens with zero attached hydrogens (tertiary/aromatic N) is 3. The van der Waals surface area contributed by atoms with Gasteiger partial charge < -0.3 is 14.5 Å². The van der Waals surface area contributed by atoms with Gasteiger partial charge in [-0.2, -0.15) is 0 Å². The lowest BCUT2D eigenvalue weighted by Crippen LogP contribution is -2.56. The highest BCUT2D eigenvalue weighted by Gasteiger charge is 2.39. The minimum atomic E-state index is -0.626. The Labute approximate surface area is 136 Å². The predicted molar refractivity (Wildman–Crippen MR) is 86.2 cm³/mol. The number of carbonyl (C=O) groups is 1. The Morgan fingerprint density at radius 3 is 2.64 bits per heavy atom. The third kappa shape index (κ3) is 3.20. The molecular weight excluding hydrogens is 302 g/mol. The molecule has 0 spiro atoms. The Kier molecular flexibility index (Phi) is 4.54. The zero-order valence-corrected chi connectivity index (χ0v) is 13.7. The summed E-state index contributed by atoms with van der Waals surface area (Å²) in [5.74, 6) is 1.05. The normalized spacial score (nSPS) is 26.1. The first-order chi connectivity index (χ1) is 10.6. The molecule has 22 heavy (non-hydrogen) atoms. The molecule has 0 bridgehead atoms. The van der Waals surface area contributed by atoms with Crippen LogP contribution in [0, 0.1) is 0 Å². The number of anilines is 1. The summed E-state index contributed by atoms with van der Waals surface area (Å²) in [5, 5.41) is 0.639. The third-order valence-electron chi connectivity index (χ3n) is 4.52. The number of rotatable bonds is 2. The Morgan fingerprint density at radius 1 is 1.27 bits per heavy atom. The molecule has 0 radical (unpaired) electrons. The molecule has 1 unspecified atom stereocenters. The summed E-state index contributed by atoms with van der Waals surface area (Å²) < 4.78 is 5.77. The van der Waals surface area contributed by atoms with Crippen LogP contribution in [-0.2, 0) is 9.53 Å². The Morgan fingerprint density at radius 2 is 2.05 bits per heavy atom. The number of amides is 1. The van der Waals surface area contributed by atoms with Crippen molar-refractivity contribution in [2.75, 3.05) is 37.7 Å². The van der Waals surface area contributed by atoms with Crippen molar-refractivity contribution < 1.29 is 9.53 Å². The summed E-state index contributed by atoms with van der Waals surface area (Å²) in [6, 6.07) is 3.77. The summed E-state index contributed by atoms with van der Waals surface area (Å²) in [6.07, 6.45) is 4.60. The smallest absolute Gasteiger partial charge is 0.254 e. The average molecular weight is 324 g/mol. The van der Waals surface area contributed by atoms with E-state index in [0.29, 0.717) is 24.7 Å². The number of hydrogen-bond donors (Lipinski definition) is 0. The van der Waals surface area contributed by atoms with Crippen LogP contribution in [0.15, 0.2) is 18.3 Å². The van der Waals surface area contributed by atoms with Crippen molar-refractivity contribution in [3.05, 3.63) is 23.4 Å². The van der Waals surface area contributed by atoms with Crippen LogP contribution in [0.4, 0.5) is 5.82 Å². The van der Waals surface area contributed by atoms with Gasteiger partial charge in [0.1, 0.15) is 11.4 Å². The van der Waals surface area contributed by atoms with Gasteiger partial charge in [0.05, 0.1) is 5.02 Å². The third-order valence-corrected chi connectivity index (χ3v) is 4.75. The van der Waals surface area contributed by atoms with Gasteiger partial charge in [-0.3, -0.25) is 4.79 Å². The fraction of sp³-hybridized carbons (Fsp3) is 0.625. The molecule has 2 saturated heterocycles. The number of hydrogen-bond acceptors (Lipinski definition) is 4. The number of halogens is 1. The number of carbonyl (C=O) groups excluding carboxylic acids is 1. The summed E-state index contributed by atoms with van der Waals surface area (Å²) >= 11 is 5.87. The minimum Gasteiger partial charge on any atom is -0.365 e. The molecule has 2 aliphatic rings.